The van der Waals surface area contributed by atoms with E-state index in [9.17, 15) is 0 Å². The van der Waals surface area contributed by atoms with Crippen LogP contribution >= 0.6 is 0 Å². The van der Waals surface area contributed by atoms with Crippen molar-refractivity contribution in [2.24, 2.45) is 0 Å². The second kappa shape index (κ2) is 3.76. The molecule has 0 heterocycles. The number of benzene rings is 1. The van der Waals surface area contributed by atoms with E-state index in [-0.39, 0.29) is 5.92 Å². The molecule has 1 aromatic carbocycles. The minimum absolute atomic E-state index is 0.195. The molecule has 0 aliphatic rings. The normalized spacial score (nSPS) is 10.7. The Hall–Kier alpha value is -1.78. The molecule has 0 aliphatic carbocycles. The van der Waals surface area contributed by atoms with Crippen LogP contribution in [0.3, 0.4) is 0 Å². The molecule has 0 atom stereocenters. The van der Waals surface area contributed by atoms with E-state index >= 15 is 0 Å². The summed E-state index contributed by atoms with van der Waals surface area (Å²) in [5, 5.41) is 2.90. The SMILES string of the molecule is CNc1c(N)c(N)c(C(C)C)c(N)c1N. The lowest BCUT2D eigenvalue weighted by Crippen LogP contribution is -2.12. The Kier molecular flexibility index (Phi) is 2.83. The zero-order valence-electron chi connectivity index (χ0n) is 9.39. The van der Waals surface area contributed by atoms with Crippen LogP contribution < -0.4 is 28.3 Å². The lowest BCUT2D eigenvalue weighted by molar-refractivity contribution is 0.874. The Morgan fingerprint density at radius 3 is 1.53 bits per heavy atom. The maximum absolute atomic E-state index is 5.93. The molecule has 0 spiro atoms. The minimum atomic E-state index is 0.195. The van der Waals surface area contributed by atoms with Gasteiger partial charge in [0.05, 0.1) is 28.4 Å². The number of hydrogen-bond acceptors (Lipinski definition) is 5. The van der Waals surface area contributed by atoms with Gasteiger partial charge in [-0.25, -0.2) is 0 Å². The number of nitrogens with one attached hydrogen (secondary N) is 1. The lowest BCUT2D eigenvalue weighted by Gasteiger charge is -2.20. The quantitative estimate of drug-likeness (QED) is 0.469. The first kappa shape index (κ1) is 11.3. The fraction of sp³-hybridized carbons (Fsp3) is 0.400. The monoisotopic (exact) mass is 209 g/mol. The van der Waals surface area contributed by atoms with Crippen LogP contribution in [0.4, 0.5) is 28.4 Å². The van der Waals surface area contributed by atoms with Crippen LogP contribution in [0.5, 0.6) is 0 Å². The molecule has 5 nitrogen and oxygen atoms in total. The third kappa shape index (κ3) is 1.60. The van der Waals surface area contributed by atoms with Gasteiger partial charge in [0.15, 0.2) is 0 Å². The van der Waals surface area contributed by atoms with Crippen molar-refractivity contribution < 1.29 is 0 Å². The van der Waals surface area contributed by atoms with Gasteiger partial charge in [0.25, 0.3) is 0 Å². The van der Waals surface area contributed by atoms with Crippen molar-refractivity contribution in [3.8, 4) is 0 Å². The maximum Gasteiger partial charge on any atom is 0.0847 e. The van der Waals surface area contributed by atoms with Crippen LogP contribution in [-0.4, -0.2) is 7.05 Å². The Morgan fingerprint density at radius 2 is 1.27 bits per heavy atom. The molecule has 0 aromatic heterocycles. The fourth-order valence-electron chi connectivity index (χ4n) is 1.74. The summed E-state index contributed by atoms with van der Waals surface area (Å²) in [5.41, 5.74) is 27.0. The van der Waals surface area contributed by atoms with E-state index < -0.39 is 0 Å². The first-order valence-corrected chi connectivity index (χ1v) is 4.85. The van der Waals surface area contributed by atoms with Gasteiger partial charge in [-0.05, 0) is 5.92 Å². The maximum atomic E-state index is 5.93. The molecule has 0 fully saturated rings. The molecule has 5 heteroatoms. The van der Waals surface area contributed by atoms with Gasteiger partial charge in [0.1, 0.15) is 0 Å². The topological polar surface area (TPSA) is 116 Å². The average Bonchev–Trinajstić information content (AvgIpc) is 2.16. The van der Waals surface area contributed by atoms with E-state index in [0.29, 0.717) is 28.4 Å². The first-order valence-electron chi connectivity index (χ1n) is 4.85. The first-order chi connectivity index (χ1) is 6.91. The standard InChI is InChI=1S/C10H19N5/c1-4(2)5-6(11)8(13)10(15-3)9(14)7(5)12/h4,15H,11-14H2,1-3H3. The largest absolute Gasteiger partial charge is 0.397 e. The second-order valence-electron chi connectivity index (χ2n) is 3.85. The zero-order chi connectivity index (χ0) is 11.7. The van der Waals surface area contributed by atoms with E-state index in [2.05, 4.69) is 5.32 Å². The van der Waals surface area contributed by atoms with Crippen LogP contribution in [0.15, 0.2) is 0 Å². The lowest BCUT2D eigenvalue weighted by atomic mass is 9.96. The molecule has 9 N–H and O–H groups in total. The zero-order valence-corrected chi connectivity index (χ0v) is 9.39. The number of anilines is 5. The Bertz CT molecular complexity index is 355. The van der Waals surface area contributed by atoms with Crippen molar-refractivity contribution in [1.82, 2.24) is 0 Å². The van der Waals surface area contributed by atoms with Crippen molar-refractivity contribution >= 4 is 28.4 Å². The fourth-order valence-corrected chi connectivity index (χ4v) is 1.74. The Labute approximate surface area is 89.8 Å². The van der Waals surface area contributed by atoms with Crippen molar-refractivity contribution in [3.63, 3.8) is 0 Å². The van der Waals surface area contributed by atoms with E-state index in [4.69, 9.17) is 22.9 Å². The number of rotatable bonds is 2. The van der Waals surface area contributed by atoms with Gasteiger partial charge in [-0.3, -0.25) is 0 Å². The van der Waals surface area contributed by atoms with Gasteiger partial charge in [0.2, 0.25) is 0 Å². The highest BCUT2D eigenvalue weighted by Crippen LogP contribution is 2.43. The molecule has 0 amide bonds. The summed E-state index contributed by atoms with van der Waals surface area (Å²) in [6, 6.07) is 0. The molecule has 84 valence electrons. The third-order valence-corrected chi connectivity index (χ3v) is 2.53. The predicted molar refractivity (Wildman–Crippen MR) is 67.7 cm³/mol. The molecule has 0 aliphatic heterocycles. The summed E-state index contributed by atoms with van der Waals surface area (Å²) in [6.45, 7) is 4.00. The number of nitrogens with two attached hydrogens (primary N) is 4. The second-order valence-corrected chi connectivity index (χ2v) is 3.85. The van der Waals surface area contributed by atoms with Crippen LogP contribution in [0.25, 0.3) is 0 Å². The van der Waals surface area contributed by atoms with Crippen molar-refractivity contribution in [2.75, 3.05) is 35.3 Å². The molecule has 0 saturated heterocycles. The summed E-state index contributed by atoms with van der Waals surface area (Å²) >= 11 is 0. The van der Waals surface area contributed by atoms with Gasteiger partial charge < -0.3 is 28.3 Å². The summed E-state index contributed by atoms with van der Waals surface area (Å²) in [7, 11) is 1.73. The summed E-state index contributed by atoms with van der Waals surface area (Å²) < 4.78 is 0. The van der Waals surface area contributed by atoms with Crippen LogP contribution in [0.2, 0.25) is 0 Å². The number of hydrogen-bond donors (Lipinski definition) is 5. The van der Waals surface area contributed by atoms with E-state index in [1.807, 2.05) is 13.8 Å². The molecule has 15 heavy (non-hydrogen) atoms. The molecule has 0 unspecified atom stereocenters. The van der Waals surface area contributed by atoms with Gasteiger partial charge in [-0.1, -0.05) is 13.8 Å². The molecular formula is C10H19N5. The van der Waals surface area contributed by atoms with Crippen LogP contribution in [0, 0.1) is 0 Å². The molecule has 1 aromatic rings. The molecule has 0 radical (unpaired) electrons. The summed E-state index contributed by atoms with van der Waals surface area (Å²) in [5.74, 6) is 0.195. The van der Waals surface area contributed by atoms with E-state index in [1.165, 1.54) is 0 Å². The highest BCUT2D eigenvalue weighted by atomic mass is 14.9. The van der Waals surface area contributed by atoms with Crippen LogP contribution in [-0.2, 0) is 0 Å². The van der Waals surface area contributed by atoms with Crippen molar-refractivity contribution in [2.45, 2.75) is 19.8 Å². The van der Waals surface area contributed by atoms with Gasteiger partial charge >= 0.3 is 0 Å². The molecule has 1 rings (SSSR count). The van der Waals surface area contributed by atoms with Crippen LogP contribution in [0.1, 0.15) is 25.3 Å². The summed E-state index contributed by atoms with van der Waals surface area (Å²) in [4.78, 5) is 0. The third-order valence-electron chi connectivity index (χ3n) is 2.53. The summed E-state index contributed by atoms with van der Waals surface area (Å²) in [6.07, 6.45) is 0. The number of nitrogen functional groups attached to an aromatic ring is 4. The van der Waals surface area contributed by atoms with Crippen molar-refractivity contribution in [3.05, 3.63) is 5.56 Å². The highest BCUT2D eigenvalue weighted by Gasteiger charge is 2.18. The molecule has 0 saturated carbocycles. The molecular weight excluding hydrogens is 190 g/mol. The predicted octanol–water partition coefficient (Wildman–Crippen LogP) is 1.18. The van der Waals surface area contributed by atoms with Gasteiger partial charge in [0, 0.05) is 12.6 Å². The van der Waals surface area contributed by atoms with E-state index in [0.717, 1.165) is 5.56 Å². The average molecular weight is 209 g/mol. The Balaban J connectivity index is 3.59. The van der Waals surface area contributed by atoms with Gasteiger partial charge in [-0.15, -0.1) is 0 Å². The van der Waals surface area contributed by atoms with E-state index in [1.54, 1.807) is 7.05 Å². The highest BCUT2D eigenvalue weighted by molar-refractivity contribution is 5.97. The minimum Gasteiger partial charge on any atom is -0.397 e. The smallest absolute Gasteiger partial charge is 0.0847 e. The molecule has 0 bridgehead atoms. The van der Waals surface area contributed by atoms with Crippen molar-refractivity contribution in [1.29, 1.82) is 0 Å². The van der Waals surface area contributed by atoms with Gasteiger partial charge in [-0.2, -0.15) is 0 Å². The Morgan fingerprint density at radius 1 is 0.867 bits per heavy atom.